The van der Waals surface area contributed by atoms with Crippen LogP contribution in [0.2, 0.25) is 0 Å². The number of fused-ring (bicyclic) bond motifs is 3. The van der Waals surface area contributed by atoms with Gasteiger partial charge in [0.05, 0.1) is 28.1 Å². The summed E-state index contributed by atoms with van der Waals surface area (Å²) in [5, 5.41) is 7.59. The van der Waals surface area contributed by atoms with Gasteiger partial charge in [-0.25, -0.2) is 4.68 Å². The van der Waals surface area contributed by atoms with E-state index in [9.17, 15) is 0 Å². The summed E-state index contributed by atoms with van der Waals surface area (Å²) >= 11 is 0. The fourth-order valence-corrected chi connectivity index (χ4v) is 6.46. The van der Waals surface area contributed by atoms with Gasteiger partial charge in [-0.05, 0) is 73.5 Å². The molecule has 2 heterocycles. The molecule has 0 aliphatic carbocycles. The lowest BCUT2D eigenvalue weighted by Crippen LogP contribution is -2.00. The van der Waals surface area contributed by atoms with E-state index < -0.39 is 0 Å². The maximum absolute atomic E-state index is 5.08. The number of aryl methyl sites for hydroxylation is 2. The van der Waals surface area contributed by atoms with Gasteiger partial charge in [-0.1, -0.05) is 114 Å². The van der Waals surface area contributed by atoms with Crippen molar-refractivity contribution in [2.24, 2.45) is 0 Å². The molecule has 0 N–H and O–H groups in total. The van der Waals surface area contributed by atoms with Crippen molar-refractivity contribution >= 4 is 21.8 Å². The molecule has 0 aliphatic heterocycles. The van der Waals surface area contributed by atoms with E-state index >= 15 is 0 Å². The van der Waals surface area contributed by atoms with Crippen molar-refractivity contribution in [2.75, 3.05) is 0 Å². The zero-order chi connectivity index (χ0) is 29.6. The van der Waals surface area contributed by atoms with Crippen LogP contribution in [-0.2, 0) is 0 Å². The highest BCUT2D eigenvalue weighted by atomic mass is 15.3. The summed E-state index contributed by atoms with van der Waals surface area (Å²) in [5.41, 5.74) is 13.9. The van der Waals surface area contributed by atoms with E-state index in [2.05, 4.69) is 163 Å². The molecule has 44 heavy (non-hydrogen) atoms. The molecule has 0 radical (unpaired) electrons. The Bertz CT molecular complexity index is 2250. The average molecular weight is 566 g/mol. The van der Waals surface area contributed by atoms with E-state index in [-0.39, 0.29) is 0 Å². The molecule has 6 aromatic carbocycles. The van der Waals surface area contributed by atoms with Gasteiger partial charge in [0, 0.05) is 27.6 Å². The summed E-state index contributed by atoms with van der Waals surface area (Å²) < 4.78 is 4.43. The molecule has 0 saturated heterocycles. The zero-order valence-corrected chi connectivity index (χ0v) is 24.8. The van der Waals surface area contributed by atoms with E-state index in [1.54, 1.807) is 0 Å². The molecule has 0 spiro atoms. The van der Waals surface area contributed by atoms with Crippen LogP contribution in [0, 0.1) is 13.8 Å². The SMILES string of the molecule is Cc1cc(C)cc(-c2ccc3c(c2)c2ccccc2n3-c2ccc(-n3nc(-c4ccccc4)cc3-c3ccccc3)cc2)c1. The van der Waals surface area contributed by atoms with Gasteiger partial charge in [-0.3, -0.25) is 0 Å². The first kappa shape index (κ1) is 26.0. The highest BCUT2D eigenvalue weighted by Gasteiger charge is 2.16. The molecule has 0 unspecified atom stereocenters. The normalized spacial score (nSPS) is 11.4. The van der Waals surface area contributed by atoms with Gasteiger partial charge >= 0.3 is 0 Å². The van der Waals surface area contributed by atoms with Crippen LogP contribution in [0.25, 0.3) is 66.8 Å². The highest BCUT2D eigenvalue weighted by Crippen LogP contribution is 2.36. The van der Waals surface area contributed by atoms with E-state index in [0.717, 1.165) is 33.9 Å². The average Bonchev–Trinajstić information content (AvgIpc) is 3.65. The van der Waals surface area contributed by atoms with E-state index in [4.69, 9.17) is 5.10 Å². The van der Waals surface area contributed by atoms with Gasteiger partial charge in [0.2, 0.25) is 0 Å². The van der Waals surface area contributed by atoms with Gasteiger partial charge in [0.1, 0.15) is 0 Å². The van der Waals surface area contributed by atoms with Crippen molar-refractivity contribution in [2.45, 2.75) is 13.8 Å². The van der Waals surface area contributed by atoms with Crippen molar-refractivity contribution in [3.05, 3.63) is 163 Å². The van der Waals surface area contributed by atoms with Crippen molar-refractivity contribution in [3.8, 4) is 45.0 Å². The molecule has 3 heteroatoms. The van der Waals surface area contributed by atoms with Crippen LogP contribution in [0.15, 0.2) is 152 Å². The standard InChI is InChI=1S/C41H31N3/c1-28-23-29(2)25-33(24-28)32-17-22-40-37(26-32)36-15-9-10-16-39(36)43(40)34-18-20-35(21-19-34)44-41(31-13-7-4-8-14-31)27-38(42-44)30-11-5-3-6-12-30/h3-27H,1-2H3. The van der Waals surface area contributed by atoms with Crippen molar-refractivity contribution in [3.63, 3.8) is 0 Å². The van der Waals surface area contributed by atoms with Crippen LogP contribution in [0.1, 0.15) is 11.1 Å². The molecule has 8 rings (SSSR count). The number of hydrogen-bond donors (Lipinski definition) is 0. The number of aromatic nitrogens is 3. The first-order valence-corrected chi connectivity index (χ1v) is 15.1. The Labute approximate surface area is 257 Å². The Morgan fingerprint density at radius 2 is 1.05 bits per heavy atom. The maximum atomic E-state index is 5.08. The zero-order valence-electron chi connectivity index (χ0n) is 24.8. The predicted octanol–water partition coefficient (Wildman–Crippen LogP) is 10.6. The smallest absolute Gasteiger partial charge is 0.0934 e. The van der Waals surface area contributed by atoms with Crippen LogP contribution in [-0.4, -0.2) is 14.3 Å². The summed E-state index contributed by atoms with van der Waals surface area (Å²) in [5.74, 6) is 0. The predicted molar refractivity (Wildman–Crippen MR) is 184 cm³/mol. The quantitative estimate of drug-likeness (QED) is 0.204. The number of nitrogens with zero attached hydrogens (tertiary/aromatic N) is 3. The minimum absolute atomic E-state index is 0.954. The topological polar surface area (TPSA) is 22.8 Å². The van der Waals surface area contributed by atoms with Gasteiger partial charge < -0.3 is 4.57 Å². The second kappa shape index (κ2) is 10.6. The molecule has 0 saturated carbocycles. The van der Waals surface area contributed by atoms with Gasteiger partial charge in [-0.15, -0.1) is 0 Å². The molecule has 8 aromatic rings. The highest BCUT2D eigenvalue weighted by molar-refractivity contribution is 6.10. The molecule has 0 aliphatic rings. The molecule has 3 nitrogen and oxygen atoms in total. The summed E-state index contributed by atoms with van der Waals surface area (Å²) in [7, 11) is 0. The number of benzene rings is 6. The van der Waals surface area contributed by atoms with Gasteiger partial charge in [0.15, 0.2) is 0 Å². The Hall–Kier alpha value is -5.67. The third-order valence-corrected chi connectivity index (χ3v) is 8.43. The molecule has 210 valence electrons. The number of hydrogen-bond acceptors (Lipinski definition) is 1. The lowest BCUT2D eigenvalue weighted by molar-refractivity contribution is 0.891. The Morgan fingerprint density at radius 1 is 0.432 bits per heavy atom. The van der Waals surface area contributed by atoms with Crippen molar-refractivity contribution in [1.29, 1.82) is 0 Å². The van der Waals surface area contributed by atoms with Crippen LogP contribution < -0.4 is 0 Å². The lowest BCUT2D eigenvalue weighted by Gasteiger charge is -2.12. The van der Waals surface area contributed by atoms with E-state index in [1.807, 2.05) is 12.1 Å². The summed E-state index contributed by atoms with van der Waals surface area (Å²) in [6, 6.07) is 54.1. The van der Waals surface area contributed by atoms with Crippen LogP contribution >= 0.6 is 0 Å². The maximum Gasteiger partial charge on any atom is 0.0934 e. The first-order valence-electron chi connectivity index (χ1n) is 15.1. The van der Waals surface area contributed by atoms with Gasteiger partial charge in [0.25, 0.3) is 0 Å². The molecule has 0 atom stereocenters. The second-order valence-electron chi connectivity index (χ2n) is 11.5. The van der Waals surface area contributed by atoms with E-state index in [1.165, 1.54) is 44.1 Å². The molecule has 0 fully saturated rings. The molecular formula is C41H31N3. The minimum atomic E-state index is 0.954. The largest absolute Gasteiger partial charge is 0.309 e. The summed E-state index contributed by atoms with van der Waals surface area (Å²) in [6.07, 6.45) is 0. The van der Waals surface area contributed by atoms with Crippen LogP contribution in [0.4, 0.5) is 0 Å². The lowest BCUT2D eigenvalue weighted by atomic mass is 9.99. The Balaban J connectivity index is 1.25. The van der Waals surface area contributed by atoms with Crippen LogP contribution in [0.5, 0.6) is 0 Å². The van der Waals surface area contributed by atoms with Gasteiger partial charge in [-0.2, -0.15) is 5.10 Å². The Kier molecular flexibility index (Phi) is 6.23. The number of para-hydroxylation sites is 1. The fourth-order valence-electron chi connectivity index (χ4n) is 6.46. The van der Waals surface area contributed by atoms with E-state index in [0.29, 0.717) is 0 Å². The number of rotatable bonds is 5. The molecule has 2 aromatic heterocycles. The third-order valence-electron chi connectivity index (χ3n) is 8.43. The summed E-state index contributed by atoms with van der Waals surface area (Å²) in [6.45, 7) is 4.33. The third kappa shape index (κ3) is 4.50. The van der Waals surface area contributed by atoms with Crippen molar-refractivity contribution in [1.82, 2.24) is 14.3 Å². The fraction of sp³-hybridized carbons (Fsp3) is 0.0488. The summed E-state index contributed by atoms with van der Waals surface area (Å²) in [4.78, 5) is 0. The van der Waals surface area contributed by atoms with Crippen molar-refractivity contribution < 1.29 is 0 Å². The second-order valence-corrected chi connectivity index (χ2v) is 11.5. The minimum Gasteiger partial charge on any atom is -0.309 e. The Morgan fingerprint density at radius 3 is 1.77 bits per heavy atom. The van der Waals surface area contributed by atoms with Crippen LogP contribution in [0.3, 0.4) is 0 Å². The monoisotopic (exact) mass is 565 g/mol. The molecule has 0 amide bonds. The molecular weight excluding hydrogens is 534 g/mol. The molecule has 0 bridgehead atoms. The first-order chi connectivity index (χ1) is 21.6.